The molecule has 0 saturated heterocycles. The van der Waals surface area contributed by atoms with Gasteiger partial charge in [0.05, 0.1) is 17.2 Å². The van der Waals surface area contributed by atoms with E-state index in [1.54, 1.807) is 6.07 Å². The van der Waals surface area contributed by atoms with Crippen molar-refractivity contribution in [3.63, 3.8) is 0 Å². The van der Waals surface area contributed by atoms with Gasteiger partial charge in [0, 0.05) is 5.69 Å². The normalized spacial score (nSPS) is 12.1. The van der Waals surface area contributed by atoms with E-state index in [2.05, 4.69) is 24.1 Å². The van der Waals surface area contributed by atoms with Crippen molar-refractivity contribution in [2.75, 3.05) is 5.32 Å². The van der Waals surface area contributed by atoms with Crippen molar-refractivity contribution >= 4 is 22.6 Å². The number of benzene rings is 2. The molecule has 1 atom stereocenters. The molecule has 0 bridgehead atoms. The fourth-order valence-electron chi connectivity index (χ4n) is 2.87. The van der Waals surface area contributed by atoms with Crippen LogP contribution in [0.2, 0.25) is 0 Å². The lowest BCUT2D eigenvalue weighted by atomic mass is 9.97. The van der Waals surface area contributed by atoms with Crippen LogP contribution in [0, 0.1) is 0 Å². The Labute approximate surface area is 146 Å². The molecular weight excluding hydrogens is 314 g/mol. The van der Waals surface area contributed by atoms with Gasteiger partial charge < -0.3 is 5.32 Å². The minimum Gasteiger partial charge on any atom is -0.324 e. The zero-order chi connectivity index (χ0) is 17.8. The van der Waals surface area contributed by atoms with Crippen molar-refractivity contribution in [1.29, 1.82) is 0 Å². The fourth-order valence-corrected chi connectivity index (χ4v) is 2.87. The third-order valence-corrected chi connectivity index (χ3v) is 4.43. The zero-order valence-corrected chi connectivity index (χ0v) is 14.4. The van der Waals surface area contributed by atoms with E-state index in [0.717, 1.165) is 17.7 Å². The number of nitrogens with zero attached hydrogens (tertiary/aromatic N) is 2. The van der Waals surface area contributed by atoms with E-state index in [0.29, 0.717) is 17.0 Å². The van der Waals surface area contributed by atoms with E-state index < -0.39 is 0 Å². The lowest BCUT2D eigenvalue weighted by Gasteiger charge is -2.16. The number of aromatic nitrogens is 2. The summed E-state index contributed by atoms with van der Waals surface area (Å²) in [4.78, 5) is 28.8. The minimum absolute atomic E-state index is 0.0449. The molecule has 0 unspecified atom stereocenters. The molecular formula is C20H21N3O2. The van der Waals surface area contributed by atoms with E-state index in [1.807, 2.05) is 42.5 Å². The molecule has 3 rings (SSSR count). The maximum absolute atomic E-state index is 12.5. The number of hydrogen-bond donors (Lipinski definition) is 1. The highest BCUT2D eigenvalue weighted by Gasteiger charge is 2.13. The summed E-state index contributed by atoms with van der Waals surface area (Å²) in [5.74, 6) is 0.121. The van der Waals surface area contributed by atoms with E-state index in [9.17, 15) is 9.59 Å². The Hall–Kier alpha value is -2.95. The molecule has 0 fully saturated rings. The molecule has 5 heteroatoms. The number of carbonyl (C=O) groups excluding carboxylic acids is 1. The van der Waals surface area contributed by atoms with Crippen LogP contribution in [-0.4, -0.2) is 15.5 Å². The van der Waals surface area contributed by atoms with Gasteiger partial charge in [0.1, 0.15) is 6.54 Å². The maximum Gasteiger partial charge on any atom is 0.269 e. The third kappa shape index (κ3) is 3.60. The number of amides is 1. The zero-order valence-electron chi connectivity index (χ0n) is 14.4. The number of anilines is 1. The smallest absolute Gasteiger partial charge is 0.269 e. The number of rotatable bonds is 5. The topological polar surface area (TPSA) is 64.0 Å². The molecule has 0 saturated carbocycles. The van der Waals surface area contributed by atoms with Crippen LogP contribution in [0.3, 0.4) is 0 Å². The molecule has 0 radical (unpaired) electrons. The summed E-state index contributed by atoms with van der Waals surface area (Å²) in [7, 11) is 0. The molecule has 1 amide bonds. The molecule has 1 heterocycles. The highest BCUT2D eigenvalue weighted by Crippen LogP contribution is 2.26. The predicted octanol–water partition coefficient (Wildman–Crippen LogP) is 3.55. The first-order valence-electron chi connectivity index (χ1n) is 8.43. The summed E-state index contributed by atoms with van der Waals surface area (Å²) in [5, 5.41) is 2.95. The highest BCUT2D eigenvalue weighted by atomic mass is 16.2. The van der Waals surface area contributed by atoms with Crippen molar-refractivity contribution < 1.29 is 4.79 Å². The van der Waals surface area contributed by atoms with Crippen LogP contribution in [0.4, 0.5) is 5.69 Å². The van der Waals surface area contributed by atoms with Crippen LogP contribution in [-0.2, 0) is 11.3 Å². The number of fused-ring (bicyclic) bond motifs is 1. The van der Waals surface area contributed by atoms with Crippen LogP contribution in [0.25, 0.3) is 11.0 Å². The minimum atomic E-state index is -0.288. The summed E-state index contributed by atoms with van der Waals surface area (Å²) in [6, 6.07) is 15.1. The van der Waals surface area contributed by atoms with Gasteiger partial charge in [-0.2, -0.15) is 0 Å². The van der Waals surface area contributed by atoms with Gasteiger partial charge in [-0.1, -0.05) is 44.2 Å². The molecule has 5 nitrogen and oxygen atoms in total. The van der Waals surface area contributed by atoms with Crippen molar-refractivity contribution in [1.82, 2.24) is 9.55 Å². The Morgan fingerprint density at radius 1 is 1.16 bits per heavy atom. The van der Waals surface area contributed by atoms with Gasteiger partial charge in [-0.3, -0.25) is 14.2 Å². The monoisotopic (exact) mass is 335 g/mol. The average Bonchev–Trinajstić information content (AvgIpc) is 2.64. The summed E-state index contributed by atoms with van der Waals surface area (Å²) in [6.07, 6.45) is 2.24. The van der Waals surface area contributed by atoms with Gasteiger partial charge in [-0.15, -0.1) is 0 Å². The SMILES string of the molecule is CC[C@@H](C)c1ccccc1NC(=O)Cn1c(=O)cnc2ccccc21. The molecule has 1 aromatic heterocycles. The van der Waals surface area contributed by atoms with Crippen LogP contribution in [0.1, 0.15) is 31.7 Å². The fraction of sp³-hybridized carbons (Fsp3) is 0.250. The number of hydrogen-bond acceptors (Lipinski definition) is 3. The molecule has 0 aliphatic rings. The van der Waals surface area contributed by atoms with Crippen molar-refractivity contribution in [2.45, 2.75) is 32.7 Å². The average molecular weight is 335 g/mol. The second kappa shape index (κ2) is 7.30. The molecule has 0 aliphatic heterocycles. The van der Waals surface area contributed by atoms with Gasteiger partial charge in [-0.25, -0.2) is 4.98 Å². The van der Waals surface area contributed by atoms with Gasteiger partial charge >= 0.3 is 0 Å². The quantitative estimate of drug-likeness (QED) is 0.775. The lowest BCUT2D eigenvalue weighted by Crippen LogP contribution is -2.28. The van der Waals surface area contributed by atoms with Crippen LogP contribution >= 0.6 is 0 Å². The summed E-state index contributed by atoms with van der Waals surface area (Å²) >= 11 is 0. The Balaban J connectivity index is 1.88. The Morgan fingerprint density at radius 2 is 1.88 bits per heavy atom. The molecule has 25 heavy (non-hydrogen) atoms. The van der Waals surface area contributed by atoms with Gasteiger partial charge in [-0.05, 0) is 36.1 Å². The second-order valence-electron chi connectivity index (χ2n) is 6.12. The predicted molar refractivity (Wildman–Crippen MR) is 99.8 cm³/mol. The first kappa shape index (κ1) is 16.9. The summed E-state index contributed by atoms with van der Waals surface area (Å²) in [5.41, 5.74) is 2.96. The largest absolute Gasteiger partial charge is 0.324 e. The Bertz CT molecular complexity index is 962. The number of para-hydroxylation sites is 3. The lowest BCUT2D eigenvalue weighted by molar-refractivity contribution is -0.116. The molecule has 3 aromatic rings. The van der Waals surface area contributed by atoms with E-state index >= 15 is 0 Å². The summed E-state index contributed by atoms with van der Waals surface area (Å²) in [6.45, 7) is 4.20. The van der Waals surface area contributed by atoms with E-state index in [1.165, 1.54) is 10.8 Å². The summed E-state index contributed by atoms with van der Waals surface area (Å²) < 4.78 is 1.45. The van der Waals surface area contributed by atoms with E-state index in [-0.39, 0.29) is 18.0 Å². The first-order valence-corrected chi connectivity index (χ1v) is 8.43. The van der Waals surface area contributed by atoms with Crippen molar-refractivity contribution in [3.05, 3.63) is 70.6 Å². The molecule has 128 valence electrons. The van der Waals surface area contributed by atoms with Gasteiger partial charge in [0.15, 0.2) is 0 Å². The molecule has 0 spiro atoms. The van der Waals surface area contributed by atoms with Gasteiger partial charge in [0.2, 0.25) is 5.91 Å². The number of carbonyl (C=O) groups is 1. The van der Waals surface area contributed by atoms with Crippen LogP contribution in [0.15, 0.2) is 59.5 Å². The Kier molecular flexibility index (Phi) is 4.93. The molecule has 1 N–H and O–H groups in total. The number of nitrogens with one attached hydrogen (secondary N) is 1. The molecule has 0 aliphatic carbocycles. The molecule has 2 aromatic carbocycles. The first-order chi connectivity index (χ1) is 12.1. The third-order valence-electron chi connectivity index (χ3n) is 4.43. The van der Waals surface area contributed by atoms with E-state index in [4.69, 9.17) is 0 Å². The van der Waals surface area contributed by atoms with Crippen LogP contribution < -0.4 is 10.9 Å². The van der Waals surface area contributed by atoms with Crippen LogP contribution in [0.5, 0.6) is 0 Å². The Morgan fingerprint density at radius 3 is 2.68 bits per heavy atom. The maximum atomic E-state index is 12.5. The van der Waals surface area contributed by atoms with Gasteiger partial charge in [0.25, 0.3) is 5.56 Å². The van der Waals surface area contributed by atoms with Crippen molar-refractivity contribution in [2.24, 2.45) is 0 Å². The second-order valence-corrected chi connectivity index (χ2v) is 6.12. The van der Waals surface area contributed by atoms with Crippen molar-refractivity contribution in [3.8, 4) is 0 Å². The highest BCUT2D eigenvalue weighted by molar-refractivity contribution is 5.92. The standard InChI is InChI=1S/C20H21N3O2/c1-3-14(2)15-8-4-5-9-16(15)22-19(24)13-23-18-11-7-6-10-17(18)21-12-20(23)25/h4-12,14H,3,13H2,1-2H3,(H,22,24)/t14-/m1/s1.